The van der Waals surface area contributed by atoms with Gasteiger partial charge in [-0.05, 0) is 44.2 Å². The predicted octanol–water partition coefficient (Wildman–Crippen LogP) is -2.92. The van der Waals surface area contributed by atoms with Crippen LogP contribution in [0.3, 0.4) is 0 Å². The minimum atomic E-state index is -1.72. The van der Waals surface area contributed by atoms with E-state index in [1.165, 1.54) is 11.8 Å². The maximum absolute atomic E-state index is 12.8. The summed E-state index contributed by atoms with van der Waals surface area (Å²) in [5.74, 6) is -6.00. The Bertz CT molecular complexity index is 738. The fourth-order valence-electron chi connectivity index (χ4n) is 2.75. The van der Waals surface area contributed by atoms with Crippen molar-refractivity contribution >= 4 is 47.3 Å². The Hall–Kier alpha value is -2.91. The van der Waals surface area contributed by atoms with Crippen molar-refractivity contribution in [1.29, 1.82) is 0 Å². The molecule has 0 radical (unpaired) electrons. The number of thioether (sulfide) groups is 1. The lowest BCUT2D eigenvalue weighted by molar-refractivity contribution is -0.144. The lowest BCUT2D eigenvalue weighted by Crippen LogP contribution is -2.57. The van der Waals surface area contributed by atoms with E-state index in [4.69, 9.17) is 27.4 Å². The summed E-state index contributed by atoms with van der Waals surface area (Å²) >= 11 is 1.49. The molecule has 0 aromatic rings. The van der Waals surface area contributed by atoms with Crippen LogP contribution in [0, 0.1) is 0 Å². The van der Waals surface area contributed by atoms with Gasteiger partial charge < -0.3 is 43.4 Å². The molecule has 0 heterocycles. The highest BCUT2D eigenvalue weighted by atomic mass is 32.2. The zero-order valence-corrected chi connectivity index (χ0v) is 19.8. The number of unbranched alkanes of at least 4 members (excludes halogenated alkanes) is 1. The molecule has 0 saturated carbocycles. The van der Waals surface area contributed by atoms with Gasteiger partial charge in [0.25, 0.3) is 0 Å². The topological polar surface area (TPSA) is 257 Å². The van der Waals surface area contributed by atoms with Crippen molar-refractivity contribution < 1.29 is 39.0 Å². The summed E-state index contributed by atoms with van der Waals surface area (Å²) in [7, 11) is 0. The van der Waals surface area contributed by atoms with Crippen LogP contribution in [0.25, 0.3) is 0 Å². The standard InChI is InChI=1S/C19H34N6O8S/c1-34-7-5-10(21)16(29)23-11(4-2-3-6-20)17(30)24-12(9-15(27)28)18(31)25-13(19(32)33)8-14(22)26/h10-13H,2-9,20-21H2,1H3,(H2,22,26)(H,23,29)(H,24,30)(H,25,31)(H,27,28)(H,32,33). The number of nitrogens with two attached hydrogens (primary N) is 3. The van der Waals surface area contributed by atoms with E-state index >= 15 is 0 Å². The van der Waals surface area contributed by atoms with E-state index in [0.29, 0.717) is 31.6 Å². The molecule has 0 aromatic heterocycles. The first kappa shape index (κ1) is 31.1. The molecule has 0 spiro atoms. The summed E-state index contributed by atoms with van der Waals surface area (Å²) < 4.78 is 0. The molecule has 194 valence electrons. The fourth-order valence-corrected chi connectivity index (χ4v) is 3.24. The van der Waals surface area contributed by atoms with Gasteiger partial charge in [0.2, 0.25) is 23.6 Å². The van der Waals surface area contributed by atoms with Crippen molar-refractivity contribution in [1.82, 2.24) is 16.0 Å². The van der Waals surface area contributed by atoms with Gasteiger partial charge in [-0.3, -0.25) is 24.0 Å². The van der Waals surface area contributed by atoms with E-state index < -0.39 is 72.6 Å². The van der Waals surface area contributed by atoms with Crippen LogP contribution in [-0.4, -0.2) is 88.5 Å². The molecule has 4 amide bonds. The second-order valence-corrected chi connectivity index (χ2v) is 8.45. The van der Waals surface area contributed by atoms with Crippen molar-refractivity contribution in [3.63, 3.8) is 0 Å². The lowest BCUT2D eigenvalue weighted by atomic mass is 10.1. The molecule has 0 aliphatic carbocycles. The SMILES string of the molecule is CSCCC(N)C(=O)NC(CCCCN)C(=O)NC(CC(=O)O)C(=O)NC(CC(N)=O)C(=O)O. The van der Waals surface area contributed by atoms with Crippen LogP contribution in [0.5, 0.6) is 0 Å². The van der Waals surface area contributed by atoms with Gasteiger partial charge in [-0.2, -0.15) is 11.8 Å². The number of carbonyl (C=O) groups is 6. The molecule has 4 unspecified atom stereocenters. The number of hydrogen-bond acceptors (Lipinski definition) is 9. The zero-order chi connectivity index (χ0) is 26.3. The zero-order valence-electron chi connectivity index (χ0n) is 19.0. The highest BCUT2D eigenvalue weighted by Crippen LogP contribution is 2.06. The average Bonchev–Trinajstić information content (AvgIpc) is 2.74. The van der Waals surface area contributed by atoms with E-state index in [9.17, 15) is 28.8 Å². The van der Waals surface area contributed by atoms with Crippen molar-refractivity contribution in [2.45, 2.75) is 62.7 Å². The van der Waals surface area contributed by atoms with Gasteiger partial charge in [0.05, 0.1) is 18.9 Å². The third kappa shape index (κ3) is 13.0. The van der Waals surface area contributed by atoms with E-state index in [0.717, 1.165) is 0 Å². The Labute approximate surface area is 201 Å². The van der Waals surface area contributed by atoms with Crippen LogP contribution in [0.15, 0.2) is 0 Å². The second kappa shape index (κ2) is 16.7. The molecule has 0 aliphatic heterocycles. The van der Waals surface area contributed by atoms with E-state index in [1.54, 1.807) is 0 Å². The number of primary amides is 1. The normalized spacial score (nSPS) is 14.2. The predicted molar refractivity (Wildman–Crippen MR) is 123 cm³/mol. The van der Waals surface area contributed by atoms with Crippen molar-refractivity contribution in [3.8, 4) is 0 Å². The van der Waals surface area contributed by atoms with Crippen LogP contribution < -0.4 is 33.2 Å². The number of nitrogens with one attached hydrogen (secondary N) is 3. The molecule has 4 atom stereocenters. The van der Waals surface area contributed by atoms with Gasteiger partial charge in [-0.1, -0.05) is 0 Å². The number of aliphatic carboxylic acids is 2. The van der Waals surface area contributed by atoms with Gasteiger partial charge in [0, 0.05) is 0 Å². The number of hydrogen-bond donors (Lipinski definition) is 8. The molecule has 0 fully saturated rings. The number of carboxylic acids is 2. The van der Waals surface area contributed by atoms with Gasteiger partial charge in [-0.15, -0.1) is 0 Å². The second-order valence-electron chi connectivity index (χ2n) is 7.46. The minimum Gasteiger partial charge on any atom is -0.481 e. The minimum absolute atomic E-state index is 0.144. The van der Waals surface area contributed by atoms with Crippen molar-refractivity contribution in [2.24, 2.45) is 17.2 Å². The molecule has 0 saturated heterocycles. The highest BCUT2D eigenvalue weighted by Gasteiger charge is 2.32. The molecule has 34 heavy (non-hydrogen) atoms. The Kier molecular flexibility index (Phi) is 15.2. The molecule has 0 aromatic carbocycles. The van der Waals surface area contributed by atoms with Crippen LogP contribution in [0.1, 0.15) is 38.5 Å². The third-order valence-electron chi connectivity index (χ3n) is 4.58. The molecule has 0 bridgehead atoms. The Morgan fingerprint density at radius 2 is 1.38 bits per heavy atom. The number of carbonyl (C=O) groups excluding carboxylic acids is 4. The summed E-state index contributed by atoms with van der Waals surface area (Å²) in [6, 6.07) is -5.41. The first-order valence-electron chi connectivity index (χ1n) is 10.5. The van der Waals surface area contributed by atoms with E-state index in [1.807, 2.05) is 11.6 Å². The molecule has 15 heteroatoms. The first-order valence-corrected chi connectivity index (χ1v) is 11.9. The van der Waals surface area contributed by atoms with E-state index in [-0.39, 0.29) is 6.42 Å². The number of carboxylic acid groups (broad SMARTS) is 2. The Morgan fingerprint density at radius 1 is 0.824 bits per heavy atom. The maximum Gasteiger partial charge on any atom is 0.326 e. The average molecular weight is 507 g/mol. The van der Waals surface area contributed by atoms with Crippen molar-refractivity contribution in [2.75, 3.05) is 18.6 Å². The van der Waals surface area contributed by atoms with Crippen LogP contribution in [-0.2, 0) is 28.8 Å². The lowest BCUT2D eigenvalue weighted by Gasteiger charge is -2.24. The summed E-state index contributed by atoms with van der Waals surface area (Å²) in [5.41, 5.74) is 16.3. The number of amides is 4. The van der Waals surface area contributed by atoms with Gasteiger partial charge in [0.1, 0.15) is 18.1 Å². The smallest absolute Gasteiger partial charge is 0.326 e. The van der Waals surface area contributed by atoms with Crippen LogP contribution in [0.4, 0.5) is 0 Å². The third-order valence-corrected chi connectivity index (χ3v) is 5.23. The molecular formula is C19H34N6O8S. The summed E-state index contributed by atoms with van der Waals surface area (Å²) in [6.07, 6.45) is 1.74. The molecular weight excluding hydrogens is 472 g/mol. The molecule has 0 rings (SSSR count). The summed E-state index contributed by atoms with van der Waals surface area (Å²) in [5, 5.41) is 25.0. The van der Waals surface area contributed by atoms with Gasteiger partial charge in [-0.25, -0.2) is 4.79 Å². The first-order chi connectivity index (χ1) is 15.9. The van der Waals surface area contributed by atoms with Crippen molar-refractivity contribution in [3.05, 3.63) is 0 Å². The van der Waals surface area contributed by atoms with Gasteiger partial charge in [0.15, 0.2) is 0 Å². The molecule has 0 aliphatic rings. The fraction of sp³-hybridized carbons (Fsp3) is 0.684. The Balaban J connectivity index is 5.50. The van der Waals surface area contributed by atoms with E-state index in [2.05, 4.69) is 10.6 Å². The number of rotatable bonds is 18. The molecule has 11 N–H and O–H groups in total. The molecule has 14 nitrogen and oxygen atoms in total. The largest absolute Gasteiger partial charge is 0.481 e. The maximum atomic E-state index is 12.8. The Morgan fingerprint density at radius 3 is 1.88 bits per heavy atom. The highest BCUT2D eigenvalue weighted by molar-refractivity contribution is 7.98. The van der Waals surface area contributed by atoms with Crippen LogP contribution in [0.2, 0.25) is 0 Å². The summed E-state index contributed by atoms with van der Waals surface area (Å²) in [6.45, 7) is 0.343. The van der Waals surface area contributed by atoms with Crippen LogP contribution >= 0.6 is 11.8 Å². The van der Waals surface area contributed by atoms with Gasteiger partial charge >= 0.3 is 11.9 Å². The summed E-state index contributed by atoms with van der Waals surface area (Å²) in [4.78, 5) is 71.2. The monoisotopic (exact) mass is 506 g/mol. The quantitative estimate of drug-likeness (QED) is 0.0873.